The van der Waals surface area contributed by atoms with E-state index in [1.807, 2.05) is 0 Å². The van der Waals surface area contributed by atoms with Crippen LogP contribution in [-0.2, 0) is 0 Å². The van der Waals surface area contributed by atoms with Gasteiger partial charge in [-0.05, 0) is 30.9 Å². The summed E-state index contributed by atoms with van der Waals surface area (Å²) in [5.41, 5.74) is 6.10. The third-order valence-corrected chi connectivity index (χ3v) is 3.66. The van der Waals surface area contributed by atoms with Crippen molar-refractivity contribution in [3.8, 4) is 0 Å². The first-order chi connectivity index (χ1) is 7.61. The Labute approximate surface area is 99.2 Å². The van der Waals surface area contributed by atoms with Gasteiger partial charge in [-0.25, -0.2) is 4.39 Å². The Balaban J connectivity index is 2.22. The first-order valence-corrected chi connectivity index (χ1v) is 5.86. The minimum absolute atomic E-state index is 0.186. The lowest BCUT2D eigenvalue weighted by atomic mass is 9.77. The highest BCUT2D eigenvalue weighted by Gasteiger charge is 2.32. The Morgan fingerprint density at radius 3 is 2.62 bits per heavy atom. The fourth-order valence-corrected chi connectivity index (χ4v) is 2.36. The Morgan fingerprint density at radius 2 is 2.12 bits per heavy atom. The summed E-state index contributed by atoms with van der Waals surface area (Å²) >= 11 is 5.90. The summed E-state index contributed by atoms with van der Waals surface area (Å²) in [5, 5.41) is 10.3. The summed E-state index contributed by atoms with van der Waals surface area (Å²) in [5.74, 6) is -0.260. The van der Waals surface area contributed by atoms with Crippen LogP contribution >= 0.6 is 11.6 Å². The van der Waals surface area contributed by atoms with Crippen LogP contribution < -0.4 is 5.73 Å². The van der Waals surface area contributed by atoms with Gasteiger partial charge in [-0.15, -0.1) is 0 Å². The van der Waals surface area contributed by atoms with Crippen molar-refractivity contribution in [1.29, 1.82) is 0 Å². The lowest BCUT2D eigenvalue weighted by Gasteiger charge is -2.34. The molecule has 0 saturated heterocycles. The zero-order valence-corrected chi connectivity index (χ0v) is 9.62. The Morgan fingerprint density at radius 1 is 1.44 bits per heavy atom. The van der Waals surface area contributed by atoms with E-state index in [4.69, 9.17) is 17.3 Å². The summed E-state index contributed by atoms with van der Waals surface area (Å²) in [6, 6.07) is 3.70. The summed E-state index contributed by atoms with van der Waals surface area (Å²) in [6.45, 7) is 0. The second-order valence-electron chi connectivity index (χ2n) is 4.34. The molecule has 0 bridgehead atoms. The minimum atomic E-state index is -0.737. The van der Waals surface area contributed by atoms with Gasteiger partial charge in [0.1, 0.15) is 5.82 Å². The van der Waals surface area contributed by atoms with Crippen molar-refractivity contribution in [1.82, 2.24) is 0 Å². The van der Waals surface area contributed by atoms with Crippen LogP contribution in [0.2, 0.25) is 5.02 Å². The van der Waals surface area contributed by atoms with Gasteiger partial charge >= 0.3 is 0 Å². The van der Waals surface area contributed by atoms with Crippen molar-refractivity contribution in [3.05, 3.63) is 34.6 Å². The molecule has 0 spiro atoms. The van der Waals surface area contributed by atoms with Crippen molar-refractivity contribution in [3.63, 3.8) is 0 Å². The van der Waals surface area contributed by atoms with Crippen LogP contribution in [0, 0.1) is 11.7 Å². The second kappa shape index (κ2) is 4.70. The number of aliphatic hydroxyl groups is 1. The normalized spacial score (nSPS) is 20.2. The number of halogens is 2. The predicted octanol–water partition coefficient (Wildman–Crippen LogP) is 2.64. The van der Waals surface area contributed by atoms with Crippen molar-refractivity contribution < 1.29 is 9.50 Å². The average Bonchev–Trinajstić information content (AvgIpc) is 2.14. The molecule has 1 fully saturated rings. The van der Waals surface area contributed by atoms with Crippen molar-refractivity contribution in [2.75, 3.05) is 0 Å². The van der Waals surface area contributed by atoms with E-state index in [-0.39, 0.29) is 16.5 Å². The first-order valence-electron chi connectivity index (χ1n) is 5.49. The second-order valence-corrected chi connectivity index (χ2v) is 4.75. The topological polar surface area (TPSA) is 46.2 Å². The Kier molecular flexibility index (Phi) is 3.47. The van der Waals surface area contributed by atoms with Gasteiger partial charge in [0, 0.05) is 10.6 Å². The molecule has 1 aliphatic rings. The molecule has 4 heteroatoms. The van der Waals surface area contributed by atoms with Crippen molar-refractivity contribution >= 4 is 11.6 Å². The largest absolute Gasteiger partial charge is 0.391 e. The molecule has 1 aromatic rings. The van der Waals surface area contributed by atoms with Crippen molar-refractivity contribution in [2.24, 2.45) is 11.7 Å². The molecule has 0 unspecified atom stereocenters. The maximum Gasteiger partial charge on any atom is 0.129 e. The predicted molar refractivity (Wildman–Crippen MR) is 61.7 cm³/mol. The van der Waals surface area contributed by atoms with E-state index in [2.05, 4.69) is 0 Å². The third-order valence-electron chi connectivity index (χ3n) is 3.33. The molecular formula is C12H15ClFNO. The molecule has 0 amide bonds. The molecule has 0 radical (unpaired) electrons. The van der Waals surface area contributed by atoms with Gasteiger partial charge in [-0.2, -0.15) is 0 Å². The molecule has 0 heterocycles. The lowest BCUT2D eigenvalue weighted by molar-refractivity contribution is 0.0405. The molecule has 2 rings (SSSR count). The van der Waals surface area contributed by atoms with Gasteiger partial charge < -0.3 is 10.8 Å². The summed E-state index contributed by atoms with van der Waals surface area (Å²) in [7, 11) is 0. The number of nitrogens with two attached hydrogens (primary N) is 1. The van der Waals surface area contributed by atoms with E-state index in [1.165, 1.54) is 12.1 Å². The molecule has 1 aliphatic carbocycles. The monoisotopic (exact) mass is 243 g/mol. The van der Waals surface area contributed by atoms with E-state index in [0.29, 0.717) is 0 Å². The fraction of sp³-hybridized carbons (Fsp3) is 0.500. The maximum atomic E-state index is 13.6. The van der Waals surface area contributed by atoms with Gasteiger partial charge in [0.15, 0.2) is 0 Å². The number of hydrogen-bond acceptors (Lipinski definition) is 2. The SMILES string of the molecule is N[C@@H](c1c(F)cccc1Cl)[C@H](O)C1CCC1. The molecule has 2 nitrogen and oxygen atoms in total. The standard InChI is InChI=1S/C12H15ClFNO/c13-8-5-2-6-9(14)10(8)11(15)12(16)7-3-1-4-7/h2,5-7,11-12,16H,1,3-4,15H2/t11-,12+/m0/s1. The molecule has 88 valence electrons. The summed E-state index contributed by atoms with van der Waals surface area (Å²) < 4.78 is 13.6. The maximum absolute atomic E-state index is 13.6. The smallest absolute Gasteiger partial charge is 0.129 e. The van der Waals surface area contributed by atoms with Crippen LogP contribution in [0.1, 0.15) is 30.9 Å². The van der Waals surface area contributed by atoms with Crippen molar-refractivity contribution in [2.45, 2.75) is 31.4 Å². The molecule has 0 aliphatic heterocycles. The van der Waals surface area contributed by atoms with Crippen LogP contribution in [0.15, 0.2) is 18.2 Å². The highest BCUT2D eigenvalue weighted by molar-refractivity contribution is 6.31. The van der Waals surface area contributed by atoms with Crippen LogP contribution in [0.4, 0.5) is 4.39 Å². The molecule has 1 saturated carbocycles. The van der Waals surface area contributed by atoms with E-state index in [0.717, 1.165) is 19.3 Å². The zero-order valence-electron chi connectivity index (χ0n) is 8.87. The lowest BCUT2D eigenvalue weighted by Crippen LogP contribution is -2.37. The molecule has 3 N–H and O–H groups in total. The molecular weight excluding hydrogens is 229 g/mol. The van der Waals surface area contributed by atoms with Gasteiger partial charge in [0.25, 0.3) is 0 Å². The minimum Gasteiger partial charge on any atom is -0.391 e. The fourth-order valence-electron chi connectivity index (χ4n) is 2.07. The van der Waals surface area contributed by atoms with E-state index >= 15 is 0 Å². The van der Waals surface area contributed by atoms with Crippen LogP contribution in [0.25, 0.3) is 0 Å². The zero-order chi connectivity index (χ0) is 11.7. The van der Waals surface area contributed by atoms with Gasteiger partial charge in [0.2, 0.25) is 0 Å². The van der Waals surface area contributed by atoms with Gasteiger partial charge in [0.05, 0.1) is 12.1 Å². The summed E-state index contributed by atoms with van der Waals surface area (Å²) in [4.78, 5) is 0. The van der Waals surface area contributed by atoms with E-state index in [1.54, 1.807) is 6.07 Å². The molecule has 16 heavy (non-hydrogen) atoms. The van der Waals surface area contributed by atoms with Crippen LogP contribution in [-0.4, -0.2) is 11.2 Å². The Hall–Kier alpha value is -0.640. The molecule has 2 atom stereocenters. The van der Waals surface area contributed by atoms with Crippen LogP contribution in [0.5, 0.6) is 0 Å². The number of hydrogen-bond donors (Lipinski definition) is 2. The highest BCUT2D eigenvalue weighted by Crippen LogP contribution is 2.36. The van der Waals surface area contributed by atoms with Crippen LogP contribution in [0.3, 0.4) is 0 Å². The third kappa shape index (κ3) is 2.08. The quantitative estimate of drug-likeness (QED) is 0.857. The number of rotatable bonds is 3. The summed E-state index contributed by atoms with van der Waals surface area (Å²) in [6.07, 6.45) is 2.32. The van der Waals surface area contributed by atoms with Gasteiger partial charge in [-0.3, -0.25) is 0 Å². The molecule has 1 aromatic carbocycles. The van der Waals surface area contributed by atoms with Gasteiger partial charge in [-0.1, -0.05) is 24.1 Å². The number of benzene rings is 1. The van der Waals surface area contributed by atoms with E-state index < -0.39 is 18.0 Å². The average molecular weight is 244 g/mol. The first kappa shape index (κ1) is 11.8. The number of aliphatic hydroxyl groups excluding tert-OH is 1. The Bertz CT molecular complexity index is 361. The highest BCUT2D eigenvalue weighted by atomic mass is 35.5. The van der Waals surface area contributed by atoms with E-state index in [9.17, 15) is 9.50 Å². The molecule has 0 aromatic heterocycles.